The van der Waals surface area contributed by atoms with Gasteiger partial charge in [-0.1, -0.05) is 23.8 Å². The third-order valence-corrected chi connectivity index (χ3v) is 3.87. The van der Waals surface area contributed by atoms with Crippen LogP contribution in [0.5, 0.6) is 5.75 Å². The molecule has 2 rings (SSSR count). The Kier molecular flexibility index (Phi) is 4.78. The lowest BCUT2D eigenvalue weighted by molar-refractivity contribution is 0.210. The molecule has 0 radical (unpaired) electrons. The van der Waals surface area contributed by atoms with Gasteiger partial charge in [-0.2, -0.15) is 0 Å². The molecule has 0 saturated heterocycles. The number of aliphatic hydroxyl groups is 1. The zero-order valence-corrected chi connectivity index (χ0v) is 12.9. The van der Waals surface area contributed by atoms with Crippen molar-refractivity contribution in [3.63, 3.8) is 0 Å². The van der Waals surface area contributed by atoms with Crippen LogP contribution < -0.4 is 4.74 Å². The lowest BCUT2D eigenvalue weighted by Gasteiger charge is -2.18. The molecule has 4 heteroatoms. The van der Waals surface area contributed by atoms with Crippen LogP contribution in [0.3, 0.4) is 0 Å². The smallest absolute Gasteiger partial charge is 0.137 e. The van der Waals surface area contributed by atoms with Gasteiger partial charge in [0.2, 0.25) is 0 Å². The van der Waals surface area contributed by atoms with Gasteiger partial charge in [-0.25, -0.2) is 4.39 Å². The molecule has 20 heavy (non-hydrogen) atoms. The molecule has 2 nitrogen and oxygen atoms in total. The fourth-order valence-corrected chi connectivity index (χ4v) is 2.55. The molecule has 1 unspecified atom stereocenters. The lowest BCUT2D eigenvalue weighted by Crippen LogP contribution is -2.06. The number of rotatable bonds is 4. The second kappa shape index (κ2) is 6.37. The van der Waals surface area contributed by atoms with E-state index in [1.54, 1.807) is 12.1 Å². The molecule has 0 aliphatic rings. The molecule has 1 N–H and O–H groups in total. The second-order valence-electron chi connectivity index (χ2n) is 4.52. The summed E-state index contributed by atoms with van der Waals surface area (Å²) < 4.78 is 19.4. The fourth-order valence-electron chi connectivity index (χ4n) is 2.07. The van der Waals surface area contributed by atoms with Crippen molar-refractivity contribution < 1.29 is 14.2 Å². The number of ether oxygens (including phenoxy) is 1. The van der Waals surface area contributed by atoms with Gasteiger partial charge in [0.15, 0.2) is 0 Å². The van der Waals surface area contributed by atoms with E-state index in [9.17, 15) is 9.50 Å². The number of aliphatic hydroxyl groups excluding tert-OH is 1. The van der Waals surface area contributed by atoms with E-state index < -0.39 is 11.9 Å². The van der Waals surface area contributed by atoms with Crippen LogP contribution in [0.4, 0.5) is 4.39 Å². The van der Waals surface area contributed by atoms with Gasteiger partial charge >= 0.3 is 0 Å². The highest BCUT2D eigenvalue weighted by Gasteiger charge is 2.19. The molecule has 106 valence electrons. The Balaban J connectivity index is 2.49. The Labute approximate surface area is 126 Å². The summed E-state index contributed by atoms with van der Waals surface area (Å²) in [7, 11) is 0. The van der Waals surface area contributed by atoms with Gasteiger partial charge in [0.1, 0.15) is 17.7 Å². The van der Waals surface area contributed by atoms with Crippen molar-refractivity contribution in [2.24, 2.45) is 0 Å². The van der Waals surface area contributed by atoms with Gasteiger partial charge in [0, 0.05) is 11.1 Å². The highest BCUT2D eigenvalue weighted by atomic mass is 79.9. The zero-order valence-electron chi connectivity index (χ0n) is 11.4. The lowest BCUT2D eigenvalue weighted by atomic mass is 9.99. The van der Waals surface area contributed by atoms with E-state index in [4.69, 9.17) is 4.74 Å². The van der Waals surface area contributed by atoms with E-state index in [0.717, 1.165) is 5.56 Å². The van der Waals surface area contributed by atoms with E-state index >= 15 is 0 Å². The number of hydrogen-bond acceptors (Lipinski definition) is 2. The third-order valence-electron chi connectivity index (χ3n) is 3.04. The molecule has 0 aliphatic carbocycles. The highest BCUT2D eigenvalue weighted by Crippen LogP contribution is 2.35. The van der Waals surface area contributed by atoms with Crippen molar-refractivity contribution in [3.05, 3.63) is 63.4 Å². The second-order valence-corrected chi connectivity index (χ2v) is 5.31. The van der Waals surface area contributed by atoms with Crippen molar-refractivity contribution >= 4 is 15.9 Å². The van der Waals surface area contributed by atoms with Crippen LogP contribution in [0.2, 0.25) is 0 Å². The van der Waals surface area contributed by atoms with Crippen LogP contribution >= 0.6 is 15.9 Å². The summed E-state index contributed by atoms with van der Waals surface area (Å²) in [5.41, 5.74) is 2.13. The molecule has 0 aliphatic heterocycles. The summed E-state index contributed by atoms with van der Waals surface area (Å²) in [6.45, 7) is 4.33. The maximum absolute atomic E-state index is 13.6. The largest absolute Gasteiger partial charge is 0.493 e. The molecule has 1 atom stereocenters. The van der Waals surface area contributed by atoms with E-state index in [-0.39, 0.29) is 4.47 Å². The van der Waals surface area contributed by atoms with E-state index in [2.05, 4.69) is 15.9 Å². The van der Waals surface area contributed by atoms with E-state index in [0.29, 0.717) is 23.5 Å². The minimum atomic E-state index is -0.943. The number of hydrogen-bond donors (Lipinski definition) is 1. The first kappa shape index (κ1) is 15.0. The van der Waals surface area contributed by atoms with Gasteiger partial charge in [0.05, 0.1) is 11.1 Å². The standard InChI is InChI=1S/C16H16BrFO2/c1-3-20-14-8-7-10(2)9-12(14)16(19)11-5-4-6-13(18)15(11)17/h4-9,16,19H,3H2,1-2H3. The van der Waals surface area contributed by atoms with E-state index in [1.165, 1.54) is 6.07 Å². The zero-order chi connectivity index (χ0) is 14.7. The highest BCUT2D eigenvalue weighted by molar-refractivity contribution is 9.10. The van der Waals surface area contributed by atoms with Crippen molar-refractivity contribution in [3.8, 4) is 5.75 Å². The summed E-state index contributed by atoms with van der Waals surface area (Å²) in [5.74, 6) is 0.217. The first-order chi connectivity index (χ1) is 9.54. The van der Waals surface area contributed by atoms with Gasteiger partial charge in [-0.15, -0.1) is 0 Å². The van der Waals surface area contributed by atoms with Crippen LogP contribution in [0.15, 0.2) is 40.9 Å². The fraction of sp³-hybridized carbons (Fsp3) is 0.250. The average Bonchev–Trinajstić information content (AvgIpc) is 2.43. The van der Waals surface area contributed by atoms with Crippen LogP contribution in [0.1, 0.15) is 29.7 Å². The Bertz CT molecular complexity index is 613. The molecule has 0 heterocycles. The number of benzene rings is 2. The molecule has 0 amide bonds. The van der Waals surface area contributed by atoms with Crippen molar-refractivity contribution in [1.82, 2.24) is 0 Å². The normalized spacial score (nSPS) is 12.2. The first-order valence-corrected chi connectivity index (χ1v) is 7.19. The third kappa shape index (κ3) is 3.02. The molecule has 0 bridgehead atoms. The van der Waals surface area contributed by atoms with Crippen molar-refractivity contribution in [1.29, 1.82) is 0 Å². The predicted molar refractivity (Wildman–Crippen MR) is 80.5 cm³/mol. The molecule has 2 aromatic carbocycles. The molecule has 0 fully saturated rings. The Morgan fingerprint density at radius 2 is 2.00 bits per heavy atom. The first-order valence-electron chi connectivity index (χ1n) is 6.40. The average molecular weight is 339 g/mol. The van der Waals surface area contributed by atoms with Gasteiger partial charge in [-0.3, -0.25) is 0 Å². The maximum atomic E-state index is 13.6. The van der Waals surface area contributed by atoms with Crippen LogP contribution in [0.25, 0.3) is 0 Å². The van der Waals surface area contributed by atoms with Crippen molar-refractivity contribution in [2.45, 2.75) is 20.0 Å². The van der Waals surface area contributed by atoms with Crippen LogP contribution in [-0.2, 0) is 0 Å². The Hall–Kier alpha value is -1.39. The van der Waals surface area contributed by atoms with Gasteiger partial charge in [0.25, 0.3) is 0 Å². The Morgan fingerprint density at radius 3 is 2.70 bits per heavy atom. The SMILES string of the molecule is CCOc1ccc(C)cc1C(O)c1cccc(F)c1Br. The summed E-state index contributed by atoms with van der Waals surface area (Å²) in [5, 5.41) is 10.6. The topological polar surface area (TPSA) is 29.5 Å². The maximum Gasteiger partial charge on any atom is 0.137 e. The summed E-state index contributed by atoms with van der Waals surface area (Å²) in [4.78, 5) is 0. The number of aryl methyl sites for hydroxylation is 1. The Morgan fingerprint density at radius 1 is 1.25 bits per heavy atom. The van der Waals surface area contributed by atoms with E-state index in [1.807, 2.05) is 32.0 Å². The summed E-state index contributed by atoms with van der Waals surface area (Å²) >= 11 is 3.18. The van der Waals surface area contributed by atoms with Gasteiger partial charge < -0.3 is 9.84 Å². The summed E-state index contributed by atoms with van der Waals surface area (Å²) in [6.07, 6.45) is -0.943. The van der Waals surface area contributed by atoms with Gasteiger partial charge in [-0.05, 0) is 48.0 Å². The minimum absolute atomic E-state index is 0.274. The predicted octanol–water partition coefficient (Wildman–Crippen LogP) is 4.38. The molecule has 0 aromatic heterocycles. The minimum Gasteiger partial charge on any atom is -0.493 e. The molecule has 0 spiro atoms. The quantitative estimate of drug-likeness (QED) is 0.896. The van der Waals surface area contributed by atoms with Crippen LogP contribution in [0, 0.1) is 12.7 Å². The number of halogens is 2. The van der Waals surface area contributed by atoms with Crippen molar-refractivity contribution in [2.75, 3.05) is 6.61 Å². The monoisotopic (exact) mass is 338 g/mol. The molecular formula is C16H16BrFO2. The molecule has 0 saturated carbocycles. The summed E-state index contributed by atoms with van der Waals surface area (Å²) in [6, 6.07) is 10.2. The van der Waals surface area contributed by atoms with Crippen LogP contribution in [-0.4, -0.2) is 11.7 Å². The molecule has 2 aromatic rings. The molecular weight excluding hydrogens is 323 g/mol.